The fourth-order valence-electron chi connectivity index (χ4n) is 0.593. The van der Waals surface area contributed by atoms with Gasteiger partial charge in [0.05, 0.1) is 0 Å². The number of carboxylic acid groups (broad SMARTS) is 2. The highest BCUT2D eigenvalue weighted by Crippen LogP contribution is 2.09. The van der Waals surface area contributed by atoms with Gasteiger partial charge in [0.25, 0.3) is 0 Å². The lowest BCUT2D eigenvalue weighted by Gasteiger charge is -2.08. The third kappa shape index (κ3) is 5.99. The molecular formula is C5H8O7Si. The predicted octanol–water partition coefficient (Wildman–Crippen LogP) is -2.00. The SMILES string of the molecule is O=C(O)C=C(C[Si](O)(O)O)C(=O)O. The molecule has 0 aromatic heterocycles. The summed E-state index contributed by atoms with van der Waals surface area (Å²) in [5.41, 5.74) is -0.758. The Morgan fingerprint density at radius 3 is 1.85 bits per heavy atom. The van der Waals surface area contributed by atoms with Crippen molar-refractivity contribution < 1.29 is 34.2 Å². The Hall–Kier alpha value is -1.22. The topological polar surface area (TPSA) is 135 Å². The van der Waals surface area contributed by atoms with Crippen LogP contribution < -0.4 is 0 Å². The zero-order valence-electron chi connectivity index (χ0n) is 6.34. The van der Waals surface area contributed by atoms with Crippen molar-refractivity contribution in [2.45, 2.75) is 6.04 Å². The molecule has 0 saturated heterocycles. The summed E-state index contributed by atoms with van der Waals surface area (Å²) in [5.74, 6) is -3.15. The lowest BCUT2D eigenvalue weighted by molar-refractivity contribution is -0.135. The molecule has 0 heterocycles. The fraction of sp³-hybridized carbons (Fsp3) is 0.200. The number of aliphatic carboxylic acids is 2. The van der Waals surface area contributed by atoms with Crippen LogP contribution in [-0.2, 0) is 9.59 Å². The molecule has 0 unspecified atom stereocenters. The van der Waals surface area contributed by atoms with E-state index in [0.717, 1.165) is 0 Å². The maximum Gasteiger partial charge on any atom is 0.497 e. The molecule has 0 aliphatic rings. The van der Waals surface area contributed by atoms with E-state index in [9.17, 15) is 9.59 Å². The monoisotopic (exact) mass is 208 g/mol. The second-order valence-electron chi connectivity index (χ2n) is 2.26. The van der Waals surface area contributed by atoms with Crippen molar-refractivity contribution in [2.24, 2.45) is 0 Å². The highest BCUT2D eigenvalue weighted by molar-refractivity contribution is 6.57. The van der Waals surface area contributed by atoms with E-state index in [4.69, 9.17) is 24.6 Å². The molecule has 0 spiro atoms. The molecule has 7 nitrogen and oxygen atoms in total. The van der Waals surface area contributed by atoms with E-state index < -0.39 is 32.4 Å². The first-order valence-electron chi connectivity index (χ1n) is 3.06. The van der Waals surface area contributed by atoms with Crippen molar-refractivity contribution in [3.8, 4) is 0 Å². The molecule has 0 radical (unpaired) electrons. The average molecular weight is 208 g/mol. The molecule has 0 fully saturated rings. The van der Waals surface area contributed by atoms with Gasteiger partial charge in [0, 0.05) is 17.7 Å². The number of carbonyl (C=O) groups is 2. The normalized spacial score (nSPS) is 12.7. The van der Waals surface area contributed by atoms with Crippen LogP contribution in [0.3, 0.4) is 0 Å². The molecule has 74 valence electrons. The molecule has 0 aliphatic heterocycles. The van der Waals surface area contributed by atoms with Gasteiger partial charge in [-0.15, -0.1) is 0 Å². The zero-order valence-corrected chi connectivity index (χ0v) is 7.34. The van der Waals surface area contributed by atoms with Crippen LogP contribution in [-0.4, -0.2) is 45.3 Å². The average Bonchev–Trinajstić information content (AvgIpc) is 1.81. The van der Waals surface area contributed by atoms with Crippen molar-refractivity contribution in [3.05, 3.63) is 11.6 Å². The number of hydrogen-bond donors (Lipinski definition) is 5. The highest BCUT2D eigenvalue weighted by atomic mass is 28.4. The molecule has 13 heavy (non-hydrogen) atoms. The van der Waals surface area contributed by atoms with E-state index in [-0.39, 0.29) is 0 Å². The molecule has 0 amide bonds. The van der Waals surface area contributed by atoms with Crippen molar-refractivity contribution >= 4 is 20.7 Å². The van der Waals surface area contributed by atoms with Gasteiger partial charge in [0.1, 0.15) is 0 Å². The first-order valence-corrected chi connectivity index (χ1v) is 5.11. The van der Waals surface area contributed by atoms with Crippen LogP contribution in [0, 0.1) is 0 Å². The Kier molecular flexibility index (Phi) is 3.75. The van der Waals surface area contributed by atoms with Gasteiger partial charge < -0.3 is 24.6 Å². The lowest BCUT2D eigenvalue weighted by Crippen LogP contribution is -2.36. The molecular weight excluding hydrogens is 200 g/mol. The van der Waals surface area contributed by atoms with Crippen LogP contribution >= 0.6 is 0 Å². The second kappa shape index (κ2) is 4.14. The lowest BCUT2D eigenvalue weighted by atomic mass is 10.3. The highest BCUT2D eigenvalue weighted by Gasteiger charge is 2.31. The van der Waals surface area contributed by atoms with Gasteiger partial charge in [-0.3, -0.25) is 0 Å². The summed E-state index contributed by atoms with van der Waals surface area (Å²) in [6.07, 6.45) is 0.298. The maximum atomic E-state index is 10.3. The Bertz CT molecular complexity index is 250. The van der Waals surface area contributed by atoms with Gasteiger partial charge in [-0.2, -0.15) is 0 Å². The van der Waals surface area contributed by atoms with E-state index in [2.05, 4.69) is 0 Å². The maximum absolute atomic E-state index is 10.3. The molecule has 0 rings (SSSR count). The van der Waals surface area contributed by atoms with Crippen LogP contribution in [0.1, 0.15) is 0 Å². The summed E-state index contributed by atoms with van der Waals surface area (Å²) < 4.78 is 0. The standard InChI is InChI=1S/C5H8O7Si/c6-4(7)1-3(5(8)9)2-13(10,11)12/h1,10-12H,2H2,(H,6,7)(H,8,9). The van der Waals surface area contributed by atoms with E-state index in [1.807, 2.05) is 0 Å². The van der Waals surface area contributed by atoms with Crippen LogP contribution in [0.15, 0.2) is 11.6 Å². The number of carboxylic acids is 2. The van der Waals surface area contributed by atoms with Gasteiger partial charge in [0.2, 0.25) is 0 Å². The Labute approximate surface area is 73.6 Å². The van der Waals surface area contributed by atoms with Crippen LogP contribution in [0.25, 0.3) is 0 Å². The molecule has 0 atom stereocenters. The number of rotatable bonds is 4. The Morgan fingerprint density at radius 1 is 1.15 bits per heavy atom. The second-order valence-corrected chi connectivity index (χ2v) is 4.17. The van der Waals surface area contributed by atoms with Crippen molar-refractivity contribution in [1.29, 1.82) is 0 Å². The minimum absolute atomic E-state index is 0.298. The van der Waals surface area contributed by atoms with Gasteiger partial charge >= 0.3 is 20.7 Å². The molecule has 0 aromatic rings. The first kappa shape index (κ1) is 11.8. The molecule has 0 saturated carbocycles. The summed E-state index contributed by atoms with van der Waals surface area (Å²) in [4.78, 5) is 45.8. The van der Waals surface area contributed by atoms with E-state index in [0.29, 0.717) is 6.08 Å². The third-order valence-corrected chi connectivity index (χ3v) is 1.86. The van der Waals surface area contributed by atoms with E-state index in [1.54, 1.807) is 0 Å². The summed E-state index contributed by atoms with van der Waals surface area (Å²) in [6.45, 7) is 0. The van der Waals surface area contributed by atoms with Crippen molar-refractivity contribution in [2.75, 3.05) is 0 Å². The minimum atomic E-state index is -4.56. The summed E-state index contributed by atoms with van der Waals surface area (Å²) in [7, 11) is -4.56. The van der Waals surface area contributed by atoms with E-state index >= 15 is 0 Å². The third-order valence-electron chi connectivity index (χ3n) is 1.00. The zero-order chi connectivity index (χ0) is 10.6. The smallest absolute Gasteiger partial charge is 0.478 e. The van der Waals surface area contributed by atoms with Crippen LogP contribution in [0.4, 0.5) is 0 Å². The molecule has 0 aliphatic carbocycles. The molecule has 5 N–H and O–H groups in total. The quantitative estimate of drug-likeness (QED) is 0.266. The first-order chi connectivity index (χ1) is 5.72. The van der Waals surface area contributed by atoms with Crippen molar-refractivity contribution in [3.63, 3.8) is 0 Å². The van der Waals surface area contributed by atoms with Gasteiger partial charge in [0.15, 0.2) is 0 Å². The number of hydrogen-bond acceptors (Lipinski definition) is 5. The summed E-state index contributed by atoms with van der Waals surface area (Å²) in [6, 6.07) is -0.950. The minimum Gasteiger partial charge on any atom is -0.478 e. The molecule has 0 bridgehead atoms. The summed E-state index contributed by atoms with van der Waals surface area (Å²) >= 11 is 0. The van der Waals surface area contributed by atoms with Crippen LogP contribution in [0.5, 0.6) is 0 Å². The molecule has 0 aromatic carbocycles. The fourth-order valence-corrected chi connectivity index (χ4v) is 1.36. The van der Waals surface area contributed by atoms with Crippen LogP contribution in [0.2, 0.25) is 6.04 Å². The summed E-state index contributed by atoms with van der Waals surface area (Å²) in [5, 5.41) is 16.5. The molecule has 8 heteroatoms. The Balaban J connectivity index is 4.65. The van der Waals surface area contributed by atoms with Gasteiger partial charge in [-0.05, 0) is 0 Å². The predicted molar refractivity (Wildman–Crippen MR) is 40.6 cm³/mol. The van der Waals surface area contributed by atoms with Gasteiger partial charge in [-0.1, -0.05) is 0 Å². The largest absolute Gasteiger partial charge is 0.497 e. The van der Waals surface area contributed by atoms with E-state index in [1.165, 1.54) is 0 Å². The van der Waals surface area contributed by atoms with Gasteiger partial charge in [-0.25, -0.2) is 9.59 Å². The Morgan fingerprint density at radius 2 is 1.62 bits per heavy atom. The van der Waals surface area contributed by atoms with Crippen molar-refractivity contribution in [1.82, 2.24) is 0 Å².